The summed E-state index contributed by atoms with van der Waals surface area (Å²) < 4.78 is 4.92. The topological polar surface area (TPSA) is 75.7 Å². The Balaban J connectivity index is 2.50. The van der Waals surface area contributed by atoms with Crippen LogP contribution in [0.1, 0.15) is 25.0 Å². The number of hydrogen-bond donors (Lipinski definition) is 1. The van der Waals surface area contributed by atoms with Crippen molar-refractivity contribution < 1.29 is 19.1 Å². The molecule has 0 aliphatic carbocycles. The summed E-state index contributed by atoms with van der Waals surface area (Å²) in [5.41, 5.74) is 1.70. The van der Waals surface area contributed by atoms with Gasteiger partial charge in [-0.3, -0.25) is 9.59 Å². The van der Waals surface area contributed by atoms with E-state index in [2.05, 4.69) is 5.32 Å². The van der Waals surface area contributed by atoms with Gasteiger partial charge in [-0.2, -0.15) is 0 Å². The lowest BCUT2D eigenvalue weighted by Gasteiger charge is -2.19. The lowest BCUT2D eigenvalue weighted by Crippen LogP contribution is -2.42. The molecule has 2 amide bonds. The van der Waals surface area contributed by atoms with E-state index >= 15 is 0 Å². The van der Waals surface area contributed by atoms with Crippen LogP contribution in [0.5, 0.6) is 0 Å². The number of rotatable bonds is 8. The van der Waals surface area contributed by atoms with Crippen LogP contribution >= 0.6 is 11.6 Å². The number of ether oxygens (including phenoxy) is 1. The first-order valence-electron chi connectivity index (χ1n) is 8.02. The molecular weight excluding hydrogens is 344 g/mol. The summed E-state index contributed by atoms with van der Waals surface area (Å²) in [5, 5.41) is 3.22. The number of halogens is 1. The molecule has 25 heavy (non-hydrogen) atoms. The number of amides is 2. The maximum Gasteiger partial charge on any atom is 0.331 e. The maximum atomic E-state index is 12.0. The molecule has 0 spiro atoms. The van der Waals surface area contributed by atoms with Gasteiger partial charge in [-0.05, 0) is 44.0 Å². The van der Waals surface area contributed by atoms with Crippen molar-refractivity contribution in [1.29, 1.82) is 0 Å². The third-order valence-electron chi connectivity index (χ3n) is 3.39. The largest absolute Gasteiger partial charge is 0.452 e. The first-order chi connectivity index (χ1) is 11.9. The van der Waals surface area contributed by atoms with Gasteiger partial charge in [0.05, 0.1) is 6.54 Å². The van der Waals surface area contributed by atoms with E-state index in [0.29, 0.717) is 18.1 Å². The molecule has 0 saturated heterocycles. The van der Waals surface area contributed by atoms with E-state index in [1.807, 2.05) is 19.1 Å². The van der Waals surface area contributed by atoms with Crippen molar-refractivity contribution in [2.24, 2.45) is 0 Å². The fourth-order valence-corrected chi connectivity index (χ4v) is 2.14. The Morgan fingerprint density at radius 2 is 2.00 bits per heavy atom. The number of hydrogen-bond acceptors (Lipinski definition) is 4. The number of esters is 1. The zero-order valence-corrected chi connectivity index (χ0v) is 15.4. The fourth-order valence-electron chi connectivity index (χ4n) is 1.95. The molecule has 0 unspecified atom stereocenters. The summed E-state index contributed by atoms with van der Waals surface area (Å²) in [6.45, 7) is 5.81. The van der Waals surface area contributed by atoms with Crippen LogP contribution in [0, 0.1) is 6.92 Å². The molecule has 0 aliphatic rings. The molecule has 0 saturated carbocycles. The van der Waals surface area contributed by atoms with E-state index in [-0.39, 0.29) is 12.5 Å². The van der Waals surface area contributed by atoms with Crippen LogP contribution in [0.25, 0.3) is 6.08 Å². The van der Waals surface area contributed by atoms with Crippen LogP contribution < -0.4 is 5.32 Å². The second-order valence-electron chi connectivity index (χ2n) is 5.31. The van der Waals surface area contributed by atoms with Gasteiger partial charge in [0.25, 0.3) is 5.91 Å². The minimum Gasteiger partial charge on any atom is -0.452 e. The Labute approximate surface area is 152 Å². The zero-order valence-electron chi connectivity index (χ0n) is 14.7. The molecule has 6 nitrogen and oxygen atoms in total. The molecule has 1 aromatic rings. The number of benzene rings is 1. The van der Waals surface area contributed by atoms with Crippen LogP contribution in [0.15, 0.2) is 24.3 Å². The molecule has 1 N–H and O–H groups in total. The molecule has 0 aliphatic heterocycles. The predicted octanol–water partition coefficient (Wildman–Crippen LogP) is 2.19. The fraction of sp³-hybridized carbons (Fsp3) is 0.389. The predicted molar refractivity (Wildman–Crippen MR) is 97.1 cm³/mol. The van der Waals surface area contributed by atoms with E-state index < -0.39 is 18.5 Å². The van der Waals surface area contributed by atoms with Gasteiger partial charge in [0.15, 0.2) is 6.61 Å². The summed E-state index contributed by atoms with van der Waals surface area (Å²) in [6.07, 6.45) is 2.79. The van der Waals surface area contributed by atoms with Crippen molar-refractivity contribution in [3.05, 3.63) is 40.4 Å². The standard InChI is InChI=1S/C18H23ClN2O4/c1-4-20-16(22)11-21(5-2)17(23)12-25-18(24)9-8-14-7-6-13(3)15(19)10-14/h6-10H,4-5,11-12H2,1-3H3,(H,20,22)/b9-8+. The van der Waals surface area contributed by atoms with Crippen molar-refractivity contribution in [3.63, 3.8) is 0 Å². The van der Waals surface area contributed by atoms with Crippen LogP contribution in [0.4, 0.5) is 0 Å². The Hall–Kier alpha value is -2.34. The molecule has 1 rings (SSSR count). The van der Waals surface area contributed by atoms with Gasteiger partial charge >= 0.3 is 5.97 Å². The Morgan fingerprint density at radius 3 is 2.60 bits per heavy atom. The van der Waals surface area contributed by atoms with Gasteiger partial charge in [-0.15, -0.1) is 0 Å². The molecule has 1 aromatic carbocycles. The lowest BCUT2D eigenvalue weighted by molar-refractivity contribution is -0.148. The van der Waals surface area contributed by atoms with Gasteiger partial charge < -0.3 is 15.0 Å². The highest BCUT2D eigenvalue weighted by Gasteiger charge is 2.16. The summed E-state index contributed by atoms with van der Waals surface area (Å²) in [4.78, 5) is 36.6. The van der Waals surface area contributed by atoms with Gasteiger partial charge in [0.1, 0.15) is 0 Å². The molecule has 0 bridgehead atoms. The highest BCUT2D eigenvalue weighted by atomic mass is 35.5. The quantitative estimate of drug-likeness (QED) is 0.565. The van der Waals surface area contributed by atoms with Crippen molar-refractivity contribution in [3.8, 4) is 0 Å². The third-order valence-corrected chi connectivity index (χ3v) is 3.80. The Kier molecular flexibility index (Phi) is 8.70. The molecule has 0 heterocycles. The molecule has 0 radical (unpaired) electrons. The van der Waals surface area contributed by atoms with E-state index in [1.165, 1.54) is 11.0 Å². The molecule has 0 atom stereocenters. The van der Waals surface area contributed by atoms with E-state index in [4.69, 9.17) is 16.3 Å². The number of likely N-dealkylation sites (N-methyl/N-ethyl adjacent to an activating group) is 2. The third kappa shape index (κ3) is 7.39. The molecule has 0 aromatic heterocycles. The zero-order chi connectivity index (χ0) is 18.8. The average Bonchev–Trinajstić information content (AvgIpc) is 2.58. The monoisotopic (exact) mass is 366 g/mol. The highest BCUT2D eigenvalue weighted by molar-refractivity contribution is 6.31. The number of aryl methyl sites for hydroxylation is 1. The van der Waals surface area contributed by atoms with Crippen molar-refractivity contribution in [2.75, 3.05) is 26.2 Å². The normalized spacial score (nSPS) is 10.6. The number of carbonyl (C=O) groups excluding carboxylic acids is 3. The second kappa shape index (κ2) is 10.5. The van der Waals surface area contributed by atoms with E-state index in [1.54, 1.807) is 26.0 Å². The van der Waals surface area contributed by atoms with Gasteiger partial charge in [0, 0.05) is 24.2 Å². The minimum absolute atomic E-state index is 0.0571. The van der Waals surface area contributed by atoms with Gasteiger partial charge in [-0.1, -0.05) is 23.7 Å². The Bertz CT molecular complexity index is 658. The van der Waals surface area contributed by atoms with Crippen LogP contribution in [-0.2, 0) is 19.1 Å². The highest BCUT2D eigenvalue weighted by Crippen LogP contribution is 2.17. The van der Waals surface area contributed by atoms with Gasteiger partial charge in [-0.25, -0.2) is 4.79 Å². The smallest absolute Gasteiger partial charge is 0.331 e. The lowest BCUT2D eigenvalue weighted by atomic mass is 10.1. The average molecular weight is 367 g/mol. The summed E-state index contributed by atoms with van der Waals surface area (Å²) in [7, 11) is 0. The SMILES string of the molecule is CCNC(=O)CN(CC)C(=O)COC(=O)/C=C/c1ccc(C)c(Cl)c1. The van der Waals surface area contributed by atoms with Crippen LogP contribution in [0.2, 0.25) is 5.02 Å². The number of carbonyl (C=O) groups is 3. The summed E-state index contributed by atoms with van der Waals surface area (Å²) in [5.74, 6) is -1.31. The maximum absolute atomic E-state index is 12.0. The number of nitrogens with one attached hydrogen (secondary N) is 1. The van der Waals surface area contributed by atoms with Crippen molar-refractivity contribution >= 4 is 35.5 Å². The molecular formula is C18H23ClN2O4. The second-order valence-corrected chi connectivity index (χ2v) is 5.72. The minimum atomic E-state index is -0.640. The molecule has 136 valence electrons. The summed E-state index contributed by atoms with van der Waals surface area (Å²) >= 11 is 6.01. The van der Waals surface area contributed by atoms with Crippen molar-refractivity contribution in [1.82, 2.24) is 10.2 Å². The first-order valence-corrected chi connectivity index (χ1v) is 8.40. The summed E-state index contributed by atoms with van der Waals surface area (Å²) in [6, 6.07) is 5.40. The first kappa shape index (κ1) is 20.7. The van der Waals surface area contributed by atoms with Crippen molar-refractivity contribution in [2.45, 2.75) is 20.8 Å². The van der Waals surface area contributed by atoms with E-state index in [0.717, 1.165) is 11.1 Å². The Morgan fingerprint density at radius 1 is 1.28 bits per heavy atom. The van der Waals surface area contributed by atoms with Crippen LogP contribution in [-0.4, -0.2) is 48.9 Å². The van der Waals surface area contributed by atoms with Gasteiger partial charge in [0.2, 0.25) is 5.91 Å². The van der Waals surface area contributed by atoms with E-state index in [9.17, 15) is 14.4 Å². The number of nitrogens with zero attached hydrogens (tertiary/aromatic N) is 1. The van der Waals surface area contributed by atoms with Crippen LogP contribution in [0.3, 0.4) is 0 Å². The molecule has 7 heteroatoms. The molecule has 0 fully saturated rings.